The summed E-state index contributed by atoms with van der Waals surface area (Å²) in [7, 11) is 0. The number of likely N-dealkylation sites (tertiary alicyclic amines) is 1. The molecule has 3 atom stereocenters. The van der Waals surface area contributed by atoms with Crippen LogP contribution in [0.1, 0.15) is 40.0 Å². The highest BCUT2D eigenvalue weighted by Crippen LogP contribution is 2.39. The highest BCUT2D eigenvalue weighted by Gasteiger charge is 2.42. The van der Waals surface area contributed by atoms with E-state index in [4.69, 9.17) is 9.47 Å². The van der Waals surface area contributed by atoms with E-state index in [0.29, 0.717) is 18.3 Å². The van der Waals surface area contributed by atoms with Crippen LogP contribution in [0.2, 0.25) is 0 Å². The van der Waals surface area contributed by atoms with Crippen LogP contribution in [-0.4, -0.2) is 48.3 Å². The summed E-state index contributed by atoms with van der Waals surface area (Å²) >= 11 is 0. The number of fused-ring (bicyclic) bond motifs is 1. The molecule has 0 aromatic heterocycles. The third-order valence-electron chi connectivity index (χ3n) is 6.36. The number of nitrogens with zero attached hydrogens (tertiary/aromatic N) is 1. The summed E-state index contributed by atoms with van der Waals surface area (Å²) in [5.74, 6) is 0.879. The Labute approximate surface area is 196 Å². The quantitative estimate of drug-likeness (QED) is 0.602. The molecule has 2 aromatic rings. The highest BCUT2D eigenvalue weighted by atomic mass is 16.6. The molecular weight excluding hydrogens is 416 g/mol. The minimum atomic E-state index is -0.439. The molecule has 1 aliphatic carbocycles. The zero-order valence-electron chi connectivity index (χ0n) is 19.8. The lowest BCUT2D eigenvalue weighted by atomic mass is 10.0. The van der Waals surface area contributed by atoms with Crippen molar-refractivity contribution < 1.29 is 19.1 Å². The smallest absolute Gasteiger partial charge is 0.411 e. The molecule has 0 spiro atoms. The van der Waals surface area contributed by atoms with E-state index in [9.17, 15) is 9.59 Å². The Morgan fingerprint density at radius 2 is 1.61 bits per heavy atom. The van der Waals surface area contributed by atoms with E-state index in [2.05, 4.69) is 10.2 Å². The van der Waals surface area contributed by atoms with Crippen molar-refractivity contribution in [3.63, 3.8) is 0 Å². The Balaban J connectivity index is 1.24. The van der Waals surface area contributed by atoms with Gasteiger partial charge in [0.15, 0.2) is 0 Å². The van der Waals surface area contributed by atoms with Crippen molar-refractivity contribution in [3.05, 3.63) is 54.6 Å². The molecule has 176 valence electrons. The highest BCUT2D eigenvalue weighted by molar-refractivity contribution is 5.91. The van der Waals surface area contributed by atoms with Crippen molar-refractivity contribution in [1.82, 2.24) is 4.90 Å². The topological polar surface area (TPSA) is 67.9 Å². The normalized spacial score (nSPS) is 22.6. The van der Waals surface area contributed by atoms with Gasteiger partial charge in [-0.1, -0.05) is 48.5 Å². The number of rotatable bonds is 6. The third kappa shape index (κ3) is 6.35. The standard InChI is InChI=1S/C27H34N2O4/c1-27(2,3)33-25(30)13-14-29-17-20-15-22(16-21(20)18-29)32-26(31)28-24-12-8-7-11-23(24)19-9-5-4-6-10-19/h4-12,20-22H,13-18H2,1-3H3,(H,28,31)/t20-,21+,22?. The number of amides is 1. The van der Waals surface area contributed by atoms with Crippen molar-refractivity contribution in [3.8, 4) is 11.1 Å². The summed E-state index contributed by atoms with van der Waals surface area (Å²) in [6, 6.07) is 17.8. The van der Waals surface area contributed by atoms with E-state index < -0.39 is 11.7 Å². The molecule has 1 saturated carbocycles. The first-order chi connectivity index (χ1) is 15.8. The van der Waals surface area contributed by atoms with E-state index in [1.165, 1.54) is 0 Å². The van der Waals surface area contributed by atoms with Crippen LogP contribution >= 0.6 is 0 Å². The number of anilines is 1. The van der Waals surface area contributed by atoms with Gasteiger partial charge in [-0.25, -0.2) is 4.79 Å². The van der Waals surface area contributed by atoms with Gasteiger partial charge < -0.3 is 14.4 Å². The number of para-hydroxylation sites is 1. The largest absolute Gasteiger partial charge is 0.460 e. The van der Waals surface area contributed by atoms with Gasteiger partial charge in [0.05, 0.1) is 12.1 Å². The third-order valence-corrected chi connectivity index (χ3v) is 6.36. The number of carbonyl (C=O) groups is 2. The molecule has 1 unspecified atom stereocenters. The molecule has 2 aromatic carbocycles. The van der Waals surface area contributed by atoms with Crippen LogP contribution in [0, 0.1) is 11.8 Å². The lowest BCUT2D eigenvalue weighted by Gasteiger charge is -2.22. The van der Waals surface area contributed by atoms with Crippen LogP contribution in [-0.2, 0) is 14.3 Å². The first kappa shape index (κ1) is 23.3. The SMILES string of the molecule is CC(C)(C)OC(=O)CCN1C[C@H]2CC(OC(=O)Nc3ccccc3-c3ccccc3)C[C@H]2C1. The molecular formula is C27H34N2O4. The Morgan fingerprint density at radius 1 is 0.970 bits per heavy atom. The summed E-state index contributed by atoms with van der Waals surface area (Å²) in [5.41, 5.74) is 2.33. The van der Waals surface area contributed by atoms with Crippen LogP contribution in [0.25, 0.3) is 11.1 Å². The molecule has 1 aliphatic heterocycles. The average molecular weight is 451 g/mol. The summed E-state index contributed by atoms with van der Waals surface area (Å²) in [4.78, 5) is 27.0. The molecule has 2 fully saturated rings. The van der Waals surface area contributed by atoms with Crippen molar-refractivity contribution >= 4 is 17.7 Å². The fourth-order valence-electron chi connectivity index (χ4n) is 5.01. The minimum absolute atomic E-state index is 0.0584. The Bertz CT molecular complexity index is 956. The molecule has 1 saturated heterocycles. The van der Waals surface area contributed by atoms with Gasteiger partial charge >= 0.3 is 12.1 Å². The van der Waals surface area contributed by atoms with Gasteiger partial charge in [0.2, 0.25) is 0 Å². The zero-order valence-corrected chi connectivity index (χ0v) is 19.8. The number of benzene rings is 2. The number of ether oxygens (including phenoxy) is 2. The van der Waals surface area contributed by atoms with Gasteiger partial charge in [0.1, 0.15) is 11.7 Å². The van der Waals surface area contributed by atoms with Gasteiger partial charge in [-0.2, -0.15) is 0 Å². The first-order valence-corrected chi connectivity index (χ1v) is 11.8. The fourth-order valence-corrected chi connectivity index (χ4v) is 5.01. The summed E-state index contributed by atoms with van der Waals surface area (Å²) < 4.78 is 11.2. The molecule has 2 aliphatic rings. The molecule has 1 heterocycles. The second-order valence-corrected chi connectivity index (χ2v) is 10.2. The van der Waals surface area contributed by atoms with Crippen molar-refractivity contribution in [1.29, 1.82) is 0 Å². The monoisotopic (exact) mass is 450 g/mol. The van der Waals surface area contributed by atoms with Crippen LogP contribution in [0.15, 0.2) is 54.6 Å². The van der Waals surface area contributed by atoms with Gasteiger partial charge in [0.25, 0.3) is 0 Å². The van der Waals surface area contributed by atoms with Gasteiger partial charge in [-0.3, -0.25) is 10.1 Å². The average Bonchev–Trinajstić information content (AvgIpc) is 3.30. The van der Waals surface area contributed by atoms with E-state index in [-0.39, 0.29) is 12.1 Å². The number of hydrogen-bond donors (Lipinski definition) is 1. The van der Waals surface area contributed by atoms with Crippen LogP contribution in [0.3, 0.4) is 0 Å². The summed E-state index contributed by atoms with van der Waals surface area (Å²) in [6.45, 7) is 8.30. The second-order valence-electron chi connectivity index (χ2n) is 10.2. The maximum atomic E-state index is 12.6. The first-order valence-electron chi connectivity index (χ1n) is 11.8. The van der Waals surface area contributed by atoms with Crippen LogP contribution in [0.5, 0.6) is 0 Å². The van der Waals surface area contributed by atoms with Gasteiger partial charge in [-0.15, -0.1) is 0 Å². The molecule has 6 nitrogen and oxygen atoms in total. The molecule has 0 radical (unpaired) electrons. The van der Waals surface area contributed by atoms with Crippen molar-refractivity contribution in [2.75, 3.05) is 25.0 Å². The molecule has 33 heavy (non-hydrogen) atoms. The fraction of sp³-hybridized carbons (Fsp3) is 0.481. The summed E-state index contributed by atoms with van der Waals surface area (Å²) in [5, 5.41) is 2.94. The molecule has 1 amide bonds. The number of esters is 1. The molecule has 6 heteroatoms. The van der Waals surface area contributed by atoms with E-state index in [0.717, 1.165) is 49.3 Å². The van der Waals surface area contributed by atoms with E-state index in [1.807, 2.05) is 75.4 Å². The lowest BCUT2D eigenvalue weighted by molar-refractivity contribution is -0.155. The number of hydrogen-bond acceptors (Lipinski definition) is 5. The van der Waals surface area contributed by atoms with Crippen molar-refractivity contribution in [2.45, 2.75) is 51.7 Å². The maximum Gasteiger partial charge on any atom is 0.411 e. The van der Waals surface area contributed by atoms with Crippen LogP contribution < -0.4 is 5.32 Å². The van der Waals surface area contributed by atoms with Gasteiger partial charge in [0, 0.05) is 25.2 Å². The van der Waals surface area contributed by atoms with Crippen LogP contribution in [0.4, 0.5) is 10.5 Å². The number of carbonyl (C=O) groups excluding carboxylic acids is 2. The number of nitrogens with one attached hydrogen (secondary N) is 1. The van der Waals surface area contributed by atoms with E-state index >= 15 is 0 Å². The Hall–Kier alpha value is -2.86. The zero-order chi connectivity index (χ0) is 23.4. The molecule has 0 bridgehead atoms. The van der Waals surface area contributed by atoms with E-state index in [1.54, 1.807) is 0 Å². The maximum absolute atomic E-state index is 12.6. The lowest BCUT2D eigenvalue weighted by Crippen LogP contribution is -2.30. The summed E-state index contributed by atoms with van der Waals surface area (Å²) in [6.07, 6.45) is 1.71. The molecule has 4 rings (SSSR count). The Morgan fingerprint density at radius 3 is 2.27 bits per heavy atom. The van der Waals surface area contributed by atoms with Gasteiger partial charge in [-0.05, 0) is 57.1 Å². The predicted octanol–water partition coefficient (Wildman–Crippen LogP) is 5.34. The predicted molar refractivity (Wildman–Crippen MR) is 129 cm³/mol. The minimum Gasteiger partial charge on any atom is -0.460 e. The van der Waals surface area contributed by atoms with Crippen molar-refractivity contribution in [2.24, 2.45) is 11.8 Å². The molecule has 1 N–H and O–H groups in total. The Kier molecular flexibility index (Phi) is 7.03. The second kappa shape index (κ2) is 9.96.